The highest BCUT2D eigenvalue weighted by Crippen LogP contribution is 2.44. The van der Waals surface area contributed by atoms with Crippen LogP contribution in [0.1, 0.15) is 52.9 Å². The van der Waals surface area contributed by atoms with Gasteiger partial charge in [0, 0.05) is 25.2 Å². The summed E-state index contributed by atoms with van der Waals surface area (Å²) in [6.45, 7) is 9.45. The molecule has 2 fully saturated rings. The van der Waals surface area contributed by atoms with Gasteiger partial charge in [-0.25, -0.2) is 0 Å². The monoisotopic (exact) mass is 291 g/mol. The smallest absolute Gasteiger partial charge is 0.0672 e. The van der Waals surface area contributed by atoms with Crippen molar-refractivity contribution in [2.24, 2.45) is 17.3 Å². The van der Waals surface area contributed by atoms with E-state index in [0.29, 0.717) is 17.5 Å². The standard InChI is InChI=1S/C18H33N3/c1-6-18(2,3)15-8-7-14(12-19)17(11-15)21-10-9-16(13-21)20(4)5/h14-17H,6-11,13H2,1-5H3. The van der Waals surface area contributed by atoms with Gasteiger partial charge >= 0.3 is 0 Å². The molecule has 4 atom stereocenters. The van der Waals surface area contributed by atoms with E-state index in [1.807, 2.05) is 0 Å². The van der Waals surface area contributed by atoms with Crippen molar-refractivity contribution >= 4 is 0 Å². The molecule has 21 heavy (non-hydrogen) atoms. The van der Waals surface area contributed by atoms with Crippen LogP contribution in [0.3, 0.4) is 0 Å². The molecule has 0 aromatic rings. The van der Waals surface area contributed by atoms with E-state index >= 15 is 0 Å². The molecular formula is C18H33N3. The summed E-state index contributed by atoms with van der Waals surface area (Å²) in [5.74, 6) is 1.02. The number of nitriles is 1. The Hall–Kier alpha value is -0.590. The molecule has 0 N–H and O–H groups in total. The molecule has 1 aliphatic heterocycles. The summed E-state index contributed by atoms with van der Waals surface area (Å²) in [5.41, 5.74) is 0.416. The number of hydrogen-bond acceptors (Lipinski definition) is 3. The van der Waals surface area contributed by atoms with Gasteiger partial charge in [0.05, 0.1) is 12.0 Å². The second kappa shape index (κ2) is 6.67. The molecule has 2 rings (SSSR count). The molecule has 4 unspecified atom stereocenters. The van der Waals surface area contributed by atoms with Gasteiger partial charge < -0.3 is 4.90 Å². The zero-order valence-electron chi connectivity index (χ0n) is 14.6. The van der Waals surface area contributed by atoms with Crippen molar-refractivity contribution in [1.82, 2.24) is 9.80 Å². The lowest BCUT2D eigenvalue weighted by Gasteiger charge is -2.44. The normalized spacial score (nSPS) is 35.1. The maximum atomic E-state index is 9.56. The Kier molecular flexibility index (Phi) is 5.33. The Balaban J connectivity index is 2.06. The van der Waals surface area contributed by atoms with Gasteiger partial charge in [-0.05, 0) is 51.1 Å². The predicted octanol–water partition coefficient (Wildman–Crippen LogP) is 3.37. The van der Waals surface area contributed by atoms with Crippen LogP contribution >= 0.6 is 0 Å². The van der Waals surface area contributed by atoms with Crippen LogP contribution in [-0.2, 0) is 0 Å². The highest BCUT2D eigenvalue weighted by Gasteiger charge is 2.41. The predicted molar refractivity (Wildman–Crippen MR) is 88.0 cm³/mol. The van der Waals surface area contributed by atoms with E-state index in [-0.39, 0.29) is 5.92 Å². The third kappa shape index (κ3) is 3.60. The third-order valence-corrected chi connectivity index (χ3v) is 6.39. The highest BCUT2D eigenvalue weighted by molar-refractivity contribution is 5.01. The first-order valence-electron chi connectivity index (χ1n) is 8.69. The largest absolute Gasteiger partial charge is 0.305 e. The van der Waals surface area contributed by atoms with E-state index in [1.165, 1.54) is 32.2 Å². The molecule has 0 radical (unpaired) electrons. The summed E-state index contributed by atoms with van der Waals surface area (Å²) in [4.78, 5) is 4.97. The fraction of sp³-hybridized carbons (Fsp3) is 0.944. The SMILES string of the molecule is CCC(C)(C)C1CCC(C#N)C(N2CCC(N(C)C)C2)C1. The van der Waals surface area contributed by atoms with E-state index in [4.69, 9.17) is 0 Å². The minimum atomic E-state index is 0.245. The Labute approximate surface area is 131 Å². The Morgan fingerprint density at radius 3 is 2.48 bits per heavy atom. The Morgan fingerprint density at radius 1 is 1.24 bits per heavy atom. The van der Waals surface area contributed by atoms with Crippen LogP contribution in [0, 0.1) is 28.6 Å². The molecule has 0 spiro atoms. The molecule has 3 heteroatoms. The minimum absolute atomic E-state index is 0.245. The average molecular weight is 291 g/mol. The topological polar surface area (TPSA) is 30.3 Å². The number of nitrogens with zero attached hydrogens (tertiary/aromatic N) is 3. The van der Waals surface area contributed by atoms with E-state index < -0.39 is 0 Å². The summed E-state index contributed by atoms with van der Waals surface area (Å²) >= 11 is 0. The van der Waals surface area contributed by atoms with Crippen molar-refractivity contribution in [1.29, 1.82) is 5.26 Å². The molecule has 1 aliphatic carbocycles. The Morgan fingerprint density at radius 2 is 1.95 bits per heavy atom. The van der Waals surface area contributed by atoms with Crippen molar-refractivity contribution in [2.75, 3.05) is 27.2 Å². The number of rotatable bonds is 4. The number of likely N-dealkylation sites (tertiary alicyclic amines) is 1. The summed E-state index contributed by atoms with van der Waals surface area (Å²) in [5, 5.41) is 9.56. The van der Waals surface area contributed by atoms with Crippen molar-refractivity contribution in [3.05, 3.63) is 0 Å². The lowest BCUT2D eigenvalue weighted by atomic mass is 9.66. The summed E-state index contributed by atoms with van der Waals surface area (Å²) in [6, 6.07) is 3.77. The van der Waals surface area contributed by atoms with Crippen molar-refractivity contribution in [3.8, 4) is 6.07 Å². The van der Waals surface area contributed by atoms with Crippen LogP contribution in [0.4, 0.5) is 0 Å². The zero-order valence-corrected chi connectivity index (χ0v) is 14.6. The van der Waals surface area contributed by atoms with Crippen LogP contribution in [0.15, 0.2) is 0 Å². The maximum Gasteiger partial charge on any atom is 0.0672 e. The molecule has 0 amide bonds. The zero-order chi connectivity index (χ0) is 15.6. The quantitative estimate of drug-likeness (QED) is 0.795. The van der Waals surface area contributed by atoms with Crippen molar-refractivity contribution < 1.29 is 0 Å². The van der Waals surface area contributed by atoms with E-state index in [1.54, 1.807) is 0 Å². The van der Waals surface area contributed by atoms with Gasteiger partial charge in [0.1, 0.15) is 0 Å². The summed E-state index contributed by atoms with van der Waals surface area (Å²) in [6.07, 6.45) is 6.05. The lowest BCUT2D eigenvalue weighted by Crippen LogP contribution is -2.46. The van der Waals surface area contributed by atoms with Crippen LogP contribution in [0.2, 0.25) is 0 Å². The molecule has 0 bridgehead atoms. The lowest BCUT2D eigenvalue weighted by molar-refractivity contribution is 0.0606. The van der Waals surface area contributed by atoms with Gasteiger partial charge in [-0.15, -0.1) is 0 Å². The number of likely N-dealkylation sites (N-methyl/N-ethyl adjacent to an activating group) is 1. The fourth-order valence-electron chi connectivity index (χ4n) is 4.19. The van der Waals surface area contributed by atoms with Gasteiger partial charge in [0.2, 0.25) is 0 Å². The molecule has 3 nitrogen and oxygen atoms in total. The van der Waals surface area contributed by atoms with E-state index in [9.17, 15) is 5.26 Å². The molecule has 1 saturated carbocycles. The van der Waals surface area contributed by atoms with Crippen LogP contribution < -0.4 is 0 Å². The van der Waals surface area contributed by atoms with Gasteiger partial charge in [0.15, 0.2) is 0 Å². The van der Waals surface area contributed by atoms with Crippen molar-refractivity contribution in [2.45, 2.75) is 65.0 Å². The number of hydrogen-bond donors (Lipinski definition) is 0. The highest BCUT2D eigenvalue weighted by atomic mass is 15.2. The van der Waals surface area contributed by atoms with Gasteiger partial charge in [0.25, 0.3) is 0 Å². The van der Waals surface area contributed by atoms with Gasteiger partial charge in [-0.2, -0.15) is 5.26 Å². The fourth-order valence-corrected chi connectivity index (χ4v) is 4.19. The van der Waals surface area contributed by atoms with E-state index in [0.717, 1.165) is 18.9 Å². The molecule has 0 aromatic heterocycles. The summed E-state index contributed by atoms with van der Waals surface area (Å²) < 4.78 is 0. The first kappa shape index (κ1) is 16.8. The van der Waals surface area contributed by atoms with Crippen molar-refractivity contribution in [3.63, 3.8) is 0 Å². The maximum absolute atomic E-state index is 9.56. The van der Waals surface area contributed by atoms with E-state index in [2.05, 4.69) is 50.7 Å². The first-order chi connectivity index (χ1) is 9.89. The van der Waals surface area contributed by atoms with Gasteiger partial charge in [-0.3, -0.25) is 4.90 Å². The Bertz CT molecular complexity index is 382. The minimum Gasteiger partial charge on any atom is -0.305 e. The van der Waals surface area contributed by atoms with Gasteiger partial charge in [-0.1, -0.05) is 27.2 Å². The second-order valence-corrected chi connectivity index (χ2v) is 8.06. The molecule has 1 heterocycles. The third-order valence-electron chi connectivity index (χ3n) is 6.39. The molecule has 0 aromatic carbocycles. The second-order valence-electron chi connectivity index (χ2n) is 8.06. The average Bonchev–Trinajstić information content (AvgIpc) is 2.96. The van der Waals surface area contributed by atoms with Crippen LogP contribution in [0.5, 0.6) is 0 Å². The first-order valence-corrected chi connectivity index (χ1v) is 8.69. The molecule has 120 valence electrons. The molecule has 2 aliphatic rings. The van der Waals surface area contributed by atoms with Crippen LogP contribution in [-0.4, -0.2) is 49.1 Å². The van der Waals surface area contributed by atoms with Crippen LogP contribution in [0.25, 0.3) is 0 Å². The molecular weight excluding hydrogens is 258 g/mol. The summed E-state index contributed by atoms with van der Waals surface area (Å²) in [7, 11) is 4.36. The molecule has 1 saturated heterocycles.